The van der Waals surface area contributed by atoms with Crippen LogP contribution in [0, 0.1) is 0 Å². The second-order valence-corrected chi connectivity index (χ2v) is 6.95. The zero-order valence-electron chi connectivity index (χ0n) is 15.4. The van der Waals surface area contributed by atoms with Crippen molar-refractivity contribution in [3.8, 4) is 11.5 Å². The number of rotatable bonds is 4. The molecule has 28 heavy (non-hydrogen) atoms. The summed E-state index contributed by atoms with van der Waals surface area (Å²) in [5, 5.41) is 0.514. The van der Waals surface area contributed by atoms with Gasteiger partial charge in [0.1, 0.15) is 6.61 Å². The quantitative estimate of drug-likeness (QED) is 0.733. The molecule has 2 aromatic rings. The molecule has 144 valence electrons. The molecule has 0 N–H and O–H groups in total. The van der Waals surface area contributed by atoms with E-state index in [-0.39, 0.29) is 18.9 Å². The van der Waals surface area contributed by atoms with Crippen LogP contribution in [-0.2, 0) is 14.3 Å². The number of hydrogen-bond acceptors (Lipinski definition) is 5. The lowest BCUT2D eigenvalue weighted by Crippen LogP contribution is -2.37. The van der Waals surface area contributed by atoms with Gasteiger partial charge in [-0.2, -0.15) is 0 Å². The molecular weight excluding hydrogens is 382 g/mol. The van der Waals surface area contributed by atoms with E-state index >= 15 is 0 Å². The van der Waals surface area contributed by atoms with Gasteiger partial charge in [0, 0.05) is 17.4 Å². The average molecular weight is 400 g/mol. The number of anilines is 1. The smallest absolute Gasteiger partial charge is 0.336 e. The number of ether oxygens (including phenoxy) is 3. The number of halogens is 1. The Bertz CT molecular complexity index is 1000. The third kappa shape index (κ3) is 2.99. The minimum absolute atomic E-state index is 0.0518. The van der Waals surface area contributed by atoms with Crippen molar-refractivity contribution in [2.24, 2.45) is 0 Å². The van der Waals surface area contributed by atoms with Gasteiger partial charge in [-0.1, -0.05) is 23.7 Å². The highest BCUT2D eigenvalue weighted by atomic mass is 35.5. The van der Waals surface area contributed by atoms with Gasteiger partial charge in [-0.15, -0.1) is 0 Å². The van der Waals surface area contributed by atoms with Crippen molar-refractivity contribution in [1.29, 1.82) is 0 Å². The molecule has 0 saturated carbocycles. The van der Waals surface area contributed by atoms with Crippen LogP contribution in [0.5, 0.6) is 11.5 Å². The fourth-order valence-corrected chi connectivity index (χ4v) is 3.91. The van der Waals surface area contributed by atoms with Crippen LogP contribution >= 0.6 is 11.6 Å². The molecule has 0 fully saturated rings. The van der Waals surface area contributed by atoms with E-state index in [1.807, 2.05) is 6.07 Å². The molecule has 0 radical (unpaired) electrons. The first-order valence-corrected chi connectivity index (χ1v) is 9.12. The number of hydrogen-bond donors (Lipinski definition) is 0. The Hall–Kier alpha value is -2.99. The van der Waals surface area contributed by atoms with Crippen LogP contribution in [0.1, 0.15) is 17.9 Å². The zero-order chi connectivity index (χ0) is 19.8. The maximum atomic E-state index is 13.0. The molecule has 0 aromatic heterocycles. The lowest BCUT2D eigenvalue weighted by atomic mass is 9.84. The van der Waals surface area contributed by atoms with E-state index in [9.17, 15) is 9.59 Å². The van der Waals surface area contributed by atoms with Gasteiger partial charge in [0.15, 0.2) is 11.5 Å². The first-order valence-electron chi connectivity index (χ1n) is 8.74. The van der Waals surface area contributed by atoms with Gasteiger partial charge in [-0.3, -0.25) is 9.69 Å². The Balaban J connectivity index is 1.81. The average Bonchev–Trinajstić information content (AvgIpc) is 3.08. The predicted octanol–water partition coefficient (Wildman–Crippen LogP) is 3.69. The Morgan fingerprint density at radius 1 is 1.07 bits per heavy atom. The first-order chi connectivity index (χ1) is 13.5. The molecule has 0 bridgehead atoms. The number of nitrogens with zero attached hydrogens (tertiary/aromatic N) is 1. The summed E-state index contributed by atoms with van der Waals surface area (Å²) < 4.78 is 15.9. The molecule has 0 aliphatic carbocycles. The number of carbonyl (C=O) groups is 2. The van der Waals surface area contributed by atoms with E-state index in [0.29, 0.717) is 33.5 Å². The SMILES string of the molecule is COc1ccc([C@@H]2CC(=O)N(c3cccc(Cl)c3)C3=C2C(=O)OC3)cc1OC. The fraction of sp³-hybridized carbons (Fsp3) is 0.238. The Morgan fingerprint density at radius 3 is 2.57 bits per heavy atom. The second-order valence-electron chi connectivity index (χ2n) is 6.52. The van der Waals surface area contributed by atoms with Gasteiger partial charge in [-0.05, 0) is 35.9 Å². The third-order valence-corrected chi connectivity index (χ3v) is 5.23. The summed E-state index contributed by atoms with van der Waals surface area (Å²) >= 11 is 6.09. The number of cyclic esters (lactones) is 1. The van der Waals surface area contributed by atoms with Crippen LogP contribution < -0.4 is 14.4 Å². The molecule has 1 atom stereocenters. The number of esters is 1. The summed E-state index contributed by atoms with van der Waals surface area (Å²) in [7, 11) is 3.10. The number of carbonyl (C=O) groups excluding carboxylic acids is 2. The summed E-state index contributed by atoms with van der Waals surface area (Å²) in [4.78, 5) is 27.1. The highest BCUT2D eigenvalue weighted by molar-refractivity contribution is 6.31. The van der Waals surface area contributed by atoms with Gasteiger partial charge in [-0.25, -0.2) is 4.79 Å². The fourth-order valence-electron chi connectivity index (χ4n) is 3.72. The molecule has 0 saturated heterocycles. The van der Waals surface area contributed by atoms with E-state index < -0.39 is 11.9 Å². The molecular formula is C21H18ClNO5. The lowest BCUT2D eigenvalue weighted by Gasteiger charge is -2.32. The summed E-state index contributed by atoms with van der Waals surface area (Å²) in [6.45, 7) is 0.0518. The van der Waals surface area contributed by atoms with E-state index in [1.54, 1.807) is 50.6 Å². The maximum Gasteiger partial charge on any atom is 0.336 e. The van der Waals surface area contributed by atoms with Crippen molar-refractivity contribution in [3.63, 3.8) is 0 Å². The van der Waals surface area contributed by atoms with E-state index in [2.05, 4.69) is 0 Å². The van der Waals surface area contributed by atoms with Crippen molar-refractivity contribution in [2.75, 3.05) is 25.7 Å². The van der Waals surface area contributed by atoms with Gasteiger partial charge in [0.05, 0.1) is 31.2 Å². The van der Waals surface area contributed by atoms with Crippen molar-refractivity contribution in [2.45, 2.75) is 12.3 Å². The molecule has 6 nitrogen and oxygen atoms in total. The standard InChI is InChI=1S/C21H18ClNO5/c1-26-17-7-6-12(8-18(17)27-2)15-10-19(24)23(14-5-3-4-13(22)9-14)16-11-28-21(25)20(15)16/h3-9,15H,10-11H2,1-2H3/t15-/m0/s1. The van der Waals surface area contributed by atoms with E-state index in [1.165, 1.54) is 4.90 Å². The molecule has 7 heteroatoms. The Labute approximate surface area is 167 Å². The molecule has 2 aliphatic rings. The van der Waals surface area contributed by atoms with Crippen LogP contribution in [0.15, 0.2) is 53.7 Å². The van der Waals surface area contributed by atoms with Crippen molar-refractivity contribution in [1.82, 2.24) is 0 Å². The van der Waals surface area contributed by atoms with Gasteiger partial charge < -0.3 is 14.2 Å². The minimum Gasteiger partial charge on any atom is -0.493 e. The largest absolute Gasteiger partial charge is 0.493 e. The van der Waals surface area contributed by atoms with Crippen LogP contribution in [0.4, 0.5) is 5.69 Å². The van der Waals surface area contributed by atoms with Crippen LogP contribution in [0.25, 0.3) is 0 Å². The number of benzene rings is 2. The summed E-state index contributed by atoms with van der Waals surface area (Å²) in [5.74, 6) is 0.177. The molecule has 1 amide bonds. The predicted molar refractivity (Wildman–Crippen MR) is 104 cm³/mol. The third-order valence-electron chi connectivity index (χ3n) is 4.99. The van der Waals surface area contributed by atoms with Crippen molar-refractivity contribution < 1.29 is 23.8 Å². The molecule has 2 aromatic carbocycles. The van der Waals surface area contributed by atoms with Crippen molar-refractivity contribution >= 4 is 29.2 Å². The minimum atomic E-state index is -0.409. The Morgan fingerprint density at radius 2 is 1.86 bits per heavy atom. The van der Waals surface area contributed by atoms with E-state index in [0.717, 1.165) is 5.56 Å². The maximum absolute atomic E-state index is 13.0. The van der Waals surface area contributed by atoms with Gasteiger partial charge in [0.2, 0.25) is 5.91 Å². The molecule has 4 rings (SSSR count). The molecule has 2 heterocycles. The van der Waals surface area contributed by atoms with Gasteiger partial charge >= 0.3 is 5.97 Å². The molecule has 0 spiro atoms. The second kappa shape index (κ2) is 7.20. The number of amides is 1. The van der Waals surface area contributed by atoms with Crippen LogP contribution in [-0.4, -0.2) is 32.7 Å². The lowest BCUT2D eigenvalue weighted by molar-refractivity contribution is -0.136. The summed E-state index contributed by atoms with van der Waals surface area (Å²) in [5.41, 5.74) is 2.47. The van der Waals surface area contributed by atoms with E-state index in [4.69, 9.17) is 25.8 Å². The normalized spacial score (nSPS) is 18.8. The van der Waals surface area contributed by atoms with Gasteiger partial charge in [0.25, 0.3) is 0 Å². The summed E-state index contributed by atoms with van der Waals surface area (Å²) in [6, 6.07) is 12.4. The summed E-state index contributed by atoms with van der Waals surface area (Å²) in [6.07, 6.45) is 0.135. The van der Waals surface area contributed by atoms with Crippen LogP contribution in [0.3, 0.4) is 0 Å². The Kier molecular flexibility index (Phi) is 4.73. The molecule has 0 unspecified atom stereocenters. The monoisotopic (exact) mass is 399 g/mol. The first kappa shape index (κ1) is 18.4. The highest BCUT2D eigenvalue weighted by Crippen LogP contribution is 2.43. The zero-order valence-corrected chi connectivity index (χ0v) is 16.2. The highest BCUT2D eigenvalue weighted by Gasteiger charge is 2.43. The topological polar surface area (TPSA) is 65.1 Å². The van der Waals surface area contributed by atoms with Crippen molar-refractivity contribution in [3.05, 3.63) is 64.3 Å². The van der Waals surface area contributed by atoms with Crippen LogP contribution in [0.2, 0.25) is 5.02 Å². The molecule has 2 aliphatic heterocycles. The number of methoxy groups -OCH3 is 2.